The Labute approximate surface area is 286 Å². The Morgan fingerprint density at radius 1 is 1.12 bits per heavy atom. The fourth-order valence-electron chi connectivity index (χ4n) is 9.58. The average Bonchev–Trinajstić information content (AvgIpc) is 3.83. The Kier molecular flexibility index (Phi) is 7.99. The zero-order valence-electron chi connectivity index (χ0n) is 27.3. The molecule has 0 radical (unpaired) electrons. The van der Waals surface area contributed by atoms with Gasteiger partial charge in [0, 0.05) is 36.6 Å². The molecule has 4 aliphatic heterocycles. The van der Waals surface area contributed by atoms with E-state index in [0.717, 1.165) is 51.1 Å². The minimum atomic E-state index is -4.86. The highest BCUT2D eigenvalue weighted by atomic mass is 35.5. The van der Waals surface area contributed by atoms with Gasteiger partial charge in [-0.1, -0.05) is 24.4 Å². The van der Waals surface area contributed by atoms with E-state index in [1.54, 1.807) is 0 Å². The molecule has 1 aliphatic carbocycles. The van der Waals surface area contributed by atoms with Crippen LogP contribution in [0.4, 0.5) is 33.6 Å². The summed E-state index contributed by atoms with van der Waals surface area (Å²) in [5, 5.41) is 3.92. The summed E-state index contributed by atoms with van der Waals surface area (Å²) in [6, 6.07) is 2.64. The number of fused-ring (bicyclic) bond motifs is 4. The third kappa shape index (κ3) is 5.51. The predicted molar refractivity (Wildman–Crippen MR) is 178 cm³/mol. The smallest absolute Gasteiger partial charge is 0.418 e. The summed E-state index contributed by atoms with van der Waals surface area (Å²) in [6.45, 7) is 3.97. The molecule has 5 aliphatic rings. The zero-order chi connectivity index (χ0) is 34.3. The van der Waals surface area contributed by atoms with Gasteiger partial charge in [0.2, 0.25) is 0 Å². The van der Waals surface area contributed by atoms with Gasteiger partial charge in [0.1, 0.15) is 23.8 Å². The van der Waals surface area contributed by atoms with E-state index in [9.17, 15) is 17.6 Å². The molecular weight excluding hydrogens is 665 g/mol. The molecule has 8 rings (SSSR count). The lowest BCUT2D eigenvalue weighted by molar-refractivity contribution is -0.137. The number of aryl methyl sites for hydroxylation is 1. The van der Waals surface area contributed by atoms with Crippen molar-refractivity contribution in [1.82, 2.24) is 25.2 Å². The van der Waals surface area contributed by atoms with E-state index in [2.05, 4.69) is 25.1 Å². The van der Waals surface area contributed by atoms with Crippen LogP contribution in [0.3, 0.4) is 0 Å². The maximum Gasteiger partial charge on any atom is 0.418 e. The number of nitrogens with one attached hydrogen (secondary N) is 1. The summed E-state index contributed by atoms with van der Waals surface area (Å²) in [4.78, 5) is 17.7. The maximum absolute atomic E-state index is 16.9. The Morgan fingerprint density at radius 3 is 2.67 bits per heavy atom. The van der Waals surface area contributed by atoms with E-state index in [1.807, 2.05) is 0 Å². The standard InChI is InChI=1S/C35H39ClF5N7O/c1-19-11-25(42)43-30(27(19)35(39,40)41)26-24(36)12-23-29(28(26)38)44-32(49-18-33-8-4-10-48(33)15-20(13-33)14-37)45-31(23)47-16-22-7-9-34(17-47,46-22)21-5-2-3-6-21/h11-12,14,21-22,46H,2-10,13,15-18H2,1H3,(H2,42,43)/b20-14-/t22-,33-,34+/m0/s1. The van der Waals surface area contributed by atoms with Gasteiger partial charge in [-0.15, -0.1) is 0 Å². The maximum atomic E-state index is 16.9. The third-order valence-corrected chi connectivity index (χ3v) is 12.0. The van der Waals surface area contributed by atoms with Crippen LogP contribution < -0.4 is 20.7 Å². The van der Waals surface area contributed by atoms with Crippen LogP contribution in [0.15, 0.2) is 24.0 Å². The molecule has 3 N–H and O–H groups in total. The lowest BCUT2D eigenvalue weighted by Crippen LogP contribution is -2.62. The van der Waals surface area contributed by atoms with Crippen molar-refractivity contribution in [3.63, 3.8) is 0 Å². The number of hydrogen-bond acceptors (Lipinski definition) is 8. The topological polar surface area (TPSA) is 92.4 Å². The number of ether oxygens (including phenoxy) is 1. The highest BCUT2D eigenvalue weighted by Gasteiger charge is 2.51. The SMILES string of the molecule is Cc1cc(N)nc(-c2c(Cl)cc3c(N4C[C@@H]5CC[C@](C6CCCC6)(C4)N5)nc(OC[C@@]45CCCN4C/C(=C\F)C5)nc3c2F)c1C(F)(F)F. The number of nitrogens with two attached hydrogens (primary N) is 1. The largest absolute Gasteiger partial charge is 0.461 e. The fraction of sp³-hybridized carbons (Fsp3) is 0.571. The summed E-state index contributed by atoms with van der Waals surface area (Å²) in [7, 11) is 0. The molecule has 3 aromatic rings. The van der Waals surface area contributed by atoms with E-state index in [4.69, 9.17) is 27.1 Å². The first kappa shape index (κ1) is 32.9. The summed E-state index contributed by atoms with van der Waals surface area (Å²) in [5.41, 5.74) is 3.24. The van der Waals surface area contributed by atoms with Gasteiger partial charge in [-0.05, 0) is 87.6 Å². The number of halogens is 6. The van der Waals surface area contributed by atoms with Gasteiger partial charge in [-0.25, -0.2) is 13.8 Å². The van der Waals surface area contributed by atoms with Crippen molar-refractivity contribution in [1.29, 1.82) is 0 Å². The van der Waals surface area contributed by atoms with Crippen LogP contribution >= 0.6 is 11.6 Å². The van der Waals surface area contributed by atoms with Crippen LogP contribution in [0.5, 0.6) is 6.01 Å². The van der Waals surface area contributed by atoms with Gasteiger partial charge in [-0.2, -0.15) is 23.1 Å². The van der Waals surface area contributed by atoms with Gasteiger partial charge in [-0.3, -0.25) is 4.90 Å². The molecule has 6 heterocycles. The number of hydrogen-bond donors (Lipinski definition) is 2. The second-order valence-corrected chi connectivity index (χ2v) is 15.1. The highest BCUT2D eigenvalue weighted by Crippen LogP contribution is 2.48. The first-order chi connectivity index (χ1) is 23.4. The quantitative estimate of drug-likeness (QED) is 0.258. The normalized spacial score (nSPS) is 28.3. The van der Waals surface area contributed by atoms with Crippen LogP contribution in [-0.4, -0.2) is 69.8 Å². The van der Waals surface area contributed by atoms with Crippen molar-refractivity contribution in [3.8, 4) is 17.3 Å². The summed E-state index contributed by atoms with van der Waals surface area (Å²) < 4.78 is 80.0. The van der Waals surface area contributed by atoms with Crippen molar-refractivity contribution in [2.45, 2.75) is 88.0 Å². The molecule has 1 aromatic carbocycles. The second-order valence-electron chi connectivity index (χ2n) is 14.7. The van der Waals surface area contributed by atoms with Crippen LogP contribution in [0.25, 0.3) is 22.2 Å². The number of rotatable bonds is 6. The van der Waals surface area contributed by atoms with Gasteiger partial charge in [0.25, 0.3) is 0 Å². The van der Waals surface area contributed by atoms with Crippen LogP contribution in [-0.2, 0) is 6.18 Å². The van der Waals surface area contributed by atoms with Gasteiger partial charge < -0.3 is 20.7 Å². The molecule has 2 aromatic heterocycles. The molecular formula is C35H39ClF5N7O. The molecule has 262 valence electrons. The molecule has 3 atom stereocenters. The van der Waals surface area contributed by atoms with Gasteiger partial charge in [0.15, 0.2) is 5.82 Å². The van der Waals surface area contributed by atoms with Crippen LogP contribution in [0, 0.1) is 18.7 Å². The number of benzene rings is 1. The third-order valence-electron chi connectivity index (χ3n) is 11.7. The molecule has 0 amide bonds. The van der Waals surface area contributed by atoms with E-state index in [1.165, 1.54) is 25.8 Å². The molecule has 14 heteroatoms. The monoisotopic (exact) mass is 703 g/mol. The van der Waals surface area contributed by atoms with E-state index < -0.39 is 34.4 Å². The van der Waals surface area contributed by atoms with E-state index in [0.29, 0.717) is 49.7 Å². The van der Waals surface area contributed by atoms with E-state index in [-0.39, 0.29) is 51.5 Å². The van der Waals surface area contributed by atoms with Crippen molar-refractivity contribution in [2.75, 3.05) is 43.4 Å². The Morgan fingerprint density at radius 2 is 1.92 bits per heavy atom. The second kappa shape index (κ2) is 11.9. The molecule has 2 bridgehead atoms. The first-order valence-electron chi connectivity index (χ1n) is 17.1. The lowest BCUT2D eigenvalue weighted by atomic mass is 9.80. The zero-order valence-corrected chi connectivity index (χ0v) is 28.0. The Balaban J connectivity index is 1.27. The molecule has 5 fully saturated rings. The highest BCUT2D eigenvalue weighted by molar-refractivity contribution is 6.34. The number of nitrogens with zero attached hydrogens (tertiary/aromatic N) is 5. The first-order valence-corrected chi connectivity index (χ1v) is 17.5. The average molecular weight is 704 g/mol. The number of pyridine rings is 1. The minimum absolute atomic E-state index is 0.0952. The Bertz CT molecular complexity index is 1850. The molecule has 4 saturated heterocycles. The number of nitrogen functional groups attached to an aromatic ring is 1. The summed E-state index contributed by atoms with van der Waals surface area (Å²) in [6.07, 6.45) is 4.70. The summed E-state index contributed by atoms with van der Waals surface area (Å²) in [5.74, 6) is -0.336. The van der Waals surface area contributed by atoms with Crippen molar-refractivity contribution < 1.29 is 26.7 Å². The number of alkyl halides is 3. The van der Waals surface area contributed by atoms with Gasteiger partial charge in [0.05, 0.1) is 33.7 Å². The lowest BCUT2D eigenvalue weighted by Gasteiger charge is -2.45. The van der Waals surface area contributed by atoms with Crippen molar-refractivity contribution in [2.24, 2.45) is 5.92 Å². The molecule has 0 unspecified atom stereocenters. The predicted octanol–water partition coefficient (Wildman–Crippen LogP) is 7.37. The molecule has 8 nitrogen and oxygen atoms in total. The molecule has 1 saturated carbocycles. The molecule has 0 spiro atoms. The van der Waals surface area contributed by atoms with Crippen LogP contribution in [0.1, 0.15) is 68.9 Å². The molecule has 49 heavy (non-hydrogen) atoms. The number of piperazine rings is 1. The number of aromatic nitrogens is 3. The van der Waals surface area contributed by atoms with Crippen molar-refractivity contribution in [3.05, 3.63) is 46.0 Å². The Hall–Kier alpha value is -3.29. The minimum Gasteiger partial charge on any atom is -0.461 e. The van der Waals surface area contributed by atoms with Gasteiger partial charge >= 0.3 is 12.2 Å². The summed E-state index contributed by atoms with van der Waals surface area (Å²) >= 11 is 6.71. The fourth-order valence-corrected chi connectivity index (χ4v) is 9.86. The van der Waals surface area contributed by atoms with Crippen molar-refractivity contribution >= 4 is 34.1 Å². The number of anilines is 2. The van der Waals surface area contributed by atoms with E-state index >= 15 is 4.39 Å². The van der Waals surface area contributed by atoms with Crippen LogP contribution in [0.2, 0.25) is 5.02 Å².